The highest BCUT2D eigenvalue weighted by Gasteiger charge is 2.10. The fraction of sp³-hybridized carbons (Fsp3) is 0.238. The Labute approximate surface area is 159 Å². The van der Waals surface area contributed by atoms with Crippen molar-refractivity contribution in [1.29, 1.82) is 0 Å². The number of nitrogens with zero attached hydrogens (tertiary/aromatic N) is 2. The number of ether oxygens (including phenoxy) is 2. The Hall–Kier alpha value is -3.12. The van der Waals surface area contributed by atoms with Crippen LogP contribution in [0, 0.1) is 6.92 Å². The number of methoxy groups -OCH3 is 2. The lowest BCUT2D eigenvalue weighted by Crippen LogP contribution is -2.10. The molecule has 0 aliphatic rings. The van der Waals surface area contributed by atoms with Gasteiger partial charge in [0, 0.05) is 25.3 Å². The highest BCUT2D eigenvalue weighted by molar-refractivity contribution is 5.68. The Morgan fingerprint density at radius 3 is 2.52 bits per heavy atom. The summed E-state index contributed by atoms with van der Waals surface area (Å²) in [6.45, 7) is 3.29. The van der Waals surface area contributed by atoms with Gasteiger partial charge in [-0.05, 0) is 24.6 Å². The van der Waals surface area contributed by atoms with Crippen LogP contribution < -0.4 is 15.4 Å². The van der Waals surface area contributed by atoms with Crippen LogP contribution in [0.25, 0.3) is 11.3 Å². The number of hydrogen-bond donors (Lipinski definition) is 2. The summed E-state index contributed by atoms with van der Waals surface area (Å²) in [5, 5.41) is 6.56. The molecule has 6 nitrogen and oxygen atoms in total. The van der Waals surface area contributed by atoms with Crippen LogP contribution in [0.2, 0.25) is 0 Å². The number of hydrogen-bond acceptors (Lipinski definition) is 6. The van der Waals surface area contributed by atoms with Gasteiger partial charge in [-0.2, -0.15) is 4.98 Å². The van der Waals surface area contributed by atoms with Crippen LogP contribution in [0.15, 0.2) is 54.6 Å². The molecule has 6 heteroatoms. The molecule has 3 aromatic rings. The van der Waals surface area contributed by atoms with Crippen molar-refractivity contribution in [2.75, 3.05) is 38.0 Å². The third-order valence-corrected chi connectivity index (χ3v) is 4.01. The van der Waals surface area contributed by atoms with E-state index >= 15 is 0 Å². The van der Waals surface area contributed by atoms with Gasteiger partial charge in [0.1, 0.15) is 11.6 Å². The number of aryl methyl sites for hydroxylation is 1. The fourth-order valence-electron chi connectivity index (χ4n) is 2.67. The Morgan fingerprint density at radius 1 is 0.963 bits per heavy atom. The largest absolute Gasteiger partial charge is 0.495 e. The van der Waals surface area contributed by atoms with Gasteiger partial charge >= 0.3 is 0 Å². The lowest BCUT2D eigenvalue weighted by molar-refractivity contribution is 0.210. The van der Waals surface area contributed by atoms with Gasteiger partial charge in [-0.15, -0.1) is 0 Å². The second-order valence-electron chi connectivity index (χ2n) is 6.08. The van der Waals surface area contributed by atoms with Crippen LogP contribution in [0.1, 0.15) is 5.56 Å². The summed E-state index contributed by atoms with van der Waals surface area (Å²) in [6, 6.07) is 17.9. The minimum Gasteiger partial charge on any atom is -0.495 e. The first kappa shape index (κ1) is 18.7. The van der Waals surface area contributed by atoms with Crippen LogP contribution in [-0.4, -0.2) is 37.3 Å². The third kappa shape index (κ3) is 4.95. The minimum absolute atomic E-state index is 0.500. The highest BCUT2D eigenvalue weighted by Crippen LogP contribution is 2.29. The van der Waals surface area contributed by atoms with Crippen molar-refractivity contribution in [1.82, 2.24) is 9.97 Å². The quantitative estimate of drug-likeness (QED) is 0.582. The molecule has 0 bridgehead atoms. The number of anilines is 3. The highest BCUT2D eigenvalue weighted by atomic mass is 16.5. The molecule has 0 aliphatic carbocycles. The van der Waals surface area contributed by atoms with E-state index < -0.39 is 0 Å². The van der Waals surface area contributed by atoms with E-state index in [2.05, 4.69) is 20.6 Å². The van der Waals surface area contributed by atoms with Crippen molar-refractivity contribution < 1.29 is 9.47 Å². The van der Waals surface area contributed by atoms with E-state index in [0.717, 1.165) is 34.1 Å². The van der Waals surface area contributed by atoms with Crippen LogP contribution in [0.5, 0.6) is 5.75 Å². The molecule has 0 unspecified atom stereocenters. The van der Waals surface area contributed by atoms with Crippen LogP contribution >= 0.6 is 0 Å². The van der Waals surface area contributed by atoms with E-state index in [1.54, 1.807) is 14.2 Å². The second kappa shape index (κ2) is 9.00. The first-order valence-electron chi connectivity index (χ1n) is 8.78. The molecule has 140 valence electrons. The van der Waals surface area contributed by atoms with Gasteiger partial charge < -0.3 is 20.1 Å². The van der Waals surface area contributed by atoms with Gasteiger partial charge in [-0.3, -0.25) is 0 Å². The first-order valence-corrected chi connectivity index (χ1v) is 8.78. The van der Waals surface area contributed by atoms with Gasteiger partial charge in [0.15, 0.2) is 0 Å². The Morgan fingerprint density at radius 2 is 1.78 bits per heavy atom. The van der Waals surface area contributed by atoms with E-state index in [0.29, 0.717) is 19.1 Å². The van der Waals surface area contributed by atoms with Gasteiger partial charge in [0.25, 0.3) is 0 Å². The number of nitrogens with one attached hydrogen (secondary N) is 2. The molecular weight excluding hydrogens is 340 g/mol. The molecule has 0 fully saturated rings. The Bertz CT molecular complexity index is 885. The minimum atomic E-state index is 0.500. The predicted octanol–water partition coefficient (Wildman–Crippen LogP) is 4.26. The standard InChI is InChI=1S/C21H24N4O2/c1-15-9-10-19(27-3)18(13-15)24-21-23-17(16-7-5-4-6-8-16)14-20(25-21)22-11-12-26-2/h4-10,13-14H,11-12H2,1-3H3,(H2,22,23,24,25). The molecule has 0 radical (unpaired) electrons. The molecule has 0 aliphatic heterocycles. The van der Waals surface area contributed by atoms with Gasteiger partial charge in [0.05, 0.1) is 25.1 Å². The van der Waals surface area contributed by atoms with Gasteiger partial charge in [-0.25, -0.2) is 4.98 Å². The summed E-state index contributed by atoms with van der Waals surface area (Å²) >= 11 is 0. The number of aromatic nitrogens is 2. The number of benzene rings is 2. The first-order chi connectivity index (χ1) is 13.2. The molecule has 27 heavy (non-hydrogen) atoms. The lowest BCUT2D eigenvalue weighted by Gasteiger charge is -2.14. The molecule has 1 aromatic heterocycles. The molecular formula is C21H24N4O2. The zero-order valence-electron chi connectivity index (χ0n) is 15.8. The molecule has 0 atom stereocenters. The topological polar surface area (TPSA) is 68.3 Å². The summed E-state index contributed by atoms with van der Waals surface area (Å²) in [5.41, 5.74) is 3.80. The normalized spacial score (nSPS) is 10.5. The van der Waals surface area contributed by atoms with E-state index in [9.17, 15) is 0 Å². The smallest absolute Gasteiger partial charge is 0.229 e. The van der Waals surface area contributed by atoms with E-state index in [-0.39, 0.29) is 0 Å². The predicted molar refractivity (Wildman–Crippen MR) is 109 cm³/mol. The lowest BCUT2D eigenvalue weighted by atomic mass is 10.1. The van der Waals surface area contributed by atoms with E-state index in [1.807, 2.05) is 61.5 Å². The maximum Gasteiger partial charge on any atom is 0.229 e. The van der Waals surface area contributed by atoms with Crippen LogP contribution in [-0.2, 0) is 4.74 Å². The van der Waals surface area contributed by atoms with Crippen molar-refractivity contribution in [3.63, 3.8) is 0 Å². The molecule has 0 spiro atoms. The van der Waals surface area contributed by atoms with E-state index in [1.165, 1.54) is 0 Å². The Balaban J connectivity index is 1.96. The summed E-state index contributed by atoms with van der Waals surface area (Å²) in [5.74, 6) is 1.97. The average molecular weight is 364 g/mol. The van der Waals surface area contributed by atoms with Crippen molar-refractivity contribution in [2.24, 2.45) is 0 Å². The summed E-state index contributed by atoms with van der Waals surface area (Å²) in [6.07, 6.45) is 0. The molecule has 0 saturated carbocycles. The molecule has 2 aromatic carbocycles. The molecule has 0 amide bonds. The van der Waals surface area contributed by atoms with E-state index in [4.69, 9.17) is 9.47 Å². The molecule has 1 heterocycles. The van der Waals surface area contributed by atoms with Crippen molar-refractivity contribution in [2.45, 2.75) is 6.92 Å². The zero-order chi connectivity index (χ0) is 19.1. The van der Waals surface area contributed by atoms with Crippen LogP contribution in [0.4, 0.5) is 17.5 Å². The SMILES string of the molecule is COCCNc1cc(-c2ccccc2)nc(Nc2cc(C)ccc2OC)n1. The van der Waals surface area contributed by atoms with Gasteiger partial charge in [-0.1, -0.05) is 36.4 Å². The van der Waals surface area contributed by atoms with Crippen molar-refractivity contribution >= 4 is 17.5 Å². The second-order valence-corrected chi connectivity index (χ2v) is 6.08. The van der Waals surface area contributed by atoms with Gasteiger partial charge in [0.2, 0.25) is 5.95 Å². The van der Waals surface area contributed by atoms with Crippen molar-refractivity contribution in [3.8, 4) is 17.0 Å². The maximum absolute atomic E-state index is 5.45. The maximum atomic E-state index is 5.45. The summed E-state index contributed by atoms with van der Waals surface area (Å²) < 4.78 is 10.6. The molecule has 2 N–H and O–H groups in total. The average Bonchev–Trinajstić information content (AvgIpc) is 2.69. The fourth-order valence-corrected chi connectivity index (χ4v) is 2.67. The van der Waals surface area contributed by atoms with Crippen LogP contribution in [0.3, 0.4) is 0 Å². The van der Waals surface area contributed by atoms with Crippen molar-refractivity contribution in [3.05, 3.63) is 60.2 Å². The molecule has 3 rings (SSSR count). The third-order valence-electron chi connectivity index (χ3n) is 4.01. The summed E-state index contributed by atoms with van der Waals surface area (Å²) in [7, 11) is 3.32. The molecule has 0 saturated heterocycles. The zero-order valence-corrected chi connectivity index (χ0v) is 15.8. The monoisotopic (exact) mass is 364 g/mol. The Kier molecular flexibility index (Phi) is 6.22. The number of rotatable bonds is 8. The summed E-state index contributed by atoms with van der Waals surface area (Å²) in [4.78, 5) is 9.27.